The second-order valence-corrected chi connectivity index (χ2v) is 5.50. The molecule has 1 aromatic rings. The molecule has 0 unspecified atom stereocenters. The minimum atomic E-state index is 0.302. The molecule has 4 nitrogen and oxygen atoms in total. The molecule has 0 amide bonds. The van der Waals surface area contributed by atoms with E-state index in [1.165, 1.54) is 5.69 Å². The number of aromatic nitrogens is 2. The van der Waals surface area contributed by atoms with Gasteiger partial charge in [-0.25, -0.2) is 0 Å². The van der Waals surface area contributed by atoms with Crippen molar-refractivity contribution in [1.82, 2.24) is 14.7 Å². The topological polar surface area (TPSA) is 41.3 Å². The summed E-state index contributed by atoms with van der Waals surface area (Å²) in [6.07, 6.45) is 4.08. The second-order valence-electron chi connectivity index (χ2n) is 4.71. The monoisotopic (exact) mass is 317 g/mol. The average Bonchev–Trinajstić information content (AvgIpc) is 2.62. The van der Waals surface area contributed by atoms with Gasteiger partial charge in [0.05, 0.1) is 15.9 Å². The van der Waals surface area contributed by atoms with Crippen molar-refractivity contribution in [2.45, 2.75) is 39.2 Å². The molecule has 0 spiro atoms. The lowest BCUT2D eigenvalue weighted by atomic mass is 10.2. The molecule has 0 saturated heterocycles. The van der Waals surface area contributed by atoms with Crippen LogP contribution in [0.4, 0.5) is 0 Å². The maximum absolute atomic E-state index is 8.74. The Morgan fingerprint density at radius 2 is 2.06 bits per heavy atom. The van der Waals surface area contributed by atoms with Crippen molar-refractivity contribution < 1.29 is 5.11 Å². The van der Waals surface area contributed by atoms with Gasteiger partial charge in [0.25, 0.3) is 0 Å². The van der Waals surface area contributed by atoms with Crippen LogP contribution in [0.1, 0.15) is 37.6 Å². The van der Waals surface area contributed by atoms with Crippen LogP contribution in [0.2, 0.25) is 0 Å². The zero-order chi connectivity index (χ0) is 13.5. The van der Waals surface area contributed by atoms with Gasteiger partial charge in [-0.15, -0.1) is 0 Å². The molecular formula is C13H24BrN3O. The number of aryl methyl sites for hydroxylation is 2. The molecule has 104 valence electrons. The van der Waals surface area contributed by atoms with Crippen LogP contribution in [0.25, 0.3) is 0 Å². The summed E-state index contributed by atoms with van der Waals surface area (Å²) < 4.78 is 3.11. The van der Waals surface area contributed by atoms with Gasteiger partial charge in [0, 0.05) is 20.2 Å². The Labute approximate surface area is 118 Å². The first kappa shape index (κ1) is 15.7. The summed E-state index contributed by atoms with van der Waals surface area (Å²) in [5, 5.41) is 13.2. The smallest absolute Gasteiger partial charge is 0.0767 e. The van der Waals surface area contributed by atoms with Gasteiger partial charge in [0.15, 0.2) is 0 Å². The molecule has 0 fully saturated rings. The van der Waals surface area contributed by atoms with Gasteiger partial charge >= 0.3 is 0 Å². The maximum Gasteiger partial charge on any atom is 0.0767 e. The van der Waals surface area contributed by atoms with E-state index < -0.39 is 0 Å². The highest BCUT2D eigenvalue weighted by molar-refractivity contribution is 9.10. The van der Waals surface area contributed by atoms with Gasteiger partial charge in [-0.2, -0.15) is 5.10 Å². The third-order valence-corrected chi connectivity index (χ3v) is 4.04. The number of nitrogens with zero attached hydrogens (tertiary/aromatic N) is 3. The summed E-state index contributed by atoms with van der Waals surface area (Å²) >= 11 is 3.64. The van der Waals surface area contributed by atoms with Crippen LogP contribution in [0.15, 0.2) is 4.47 Å². The quantitative estimate of drug-likeness (QED) is 0.748. The molecule has 0 bridgehead atoms. The minimum Gasteiger partial charge on any atom is -0.396 e. The zero-order valence-corrected chi connectivity index (χ0v) is 13.2. The third-order valence-electron chi connectivity index (χ3n) is 3.12. The maximum atomic E-state index is 8.74. The summed E-state index contributed by atoms with van der Waals surface area (Å²) in [7, 11) is 4.13. The number of aliphatic hydroxyl groups is 1. The molecule has 1 aromatic heterocycles. The van der Waals surface area contributed by atoms with Gasteiger partial charge in [0.2, 0.25) is 0 Å². The van der Waals surface area contributed by atoms with Crippen molar-refractivity contribution in [2.24, 2.45) is 7.05 Å². The van der Waals surface area contributed by atoms with Gasteiger partial charge in [-0.1, -0.05) is 6.92 Å². The Kier molecular flexibility index (Phi) is 6.89. The number of hydrogen-bond acceptors (Lipinski definition) is 3. The highest BCUT2D eigenvalue weighted by Crippen LogP contribution is 2.22. The van der Waals surface area contributed by atoms with E-state index >= 15 is 0 Å². The molecule has 0 aliphatic heterocycles. The Hall–Kier alpha value is -0.390. The molecule has 5 heteroatoms. The summed E-state index contributed by atoms with van der Waals surface area (Å²) in [4.78, 5) is 2.30. The van der Waals surface area contributed by atoms with Gasteiger partial charge in [0.1, 0.15) is 0 Å². The number of rotatable bonds is 8. The first-order chi connectivity index (χ1) is 8.60. The minimum absolute atomic E-state index is 0.302. The molecule has 1 rings (SSSR count). The molecule has 0 atom stereocenters. The fourth-order valence-corrected chi connectivity index (χ4v) is 2.74. The van der Waals surface area contributed by atoms with Crippen LogP contribution in [-0.2, 0) is 20.0 Å². The van der Waals surface area contributed by atoms with E-state index in [-0.39, 0.29) is 0 Å². The number of unbranched alkanes of at least 4 members (excludes halogenated alkanes) is 2. The second kappa shape index (κ2) is 7.92. The Balaban J connectivity index is 2.48. The molecular weight excluding hydrogens is 294 g/mol. The van der Waals surface area contributed by atoms with Crippen LogP contribution in [0.3, 0.4) is 0 Å². The lowest BCUT2D eigenvalue weighted by molar-refractivity contribution is 0.269. The molecule has 0 aliphatic rings. The van der Waals surface area contributed by atoms with E-state index in [9.17, 15) is 0 Å². The summed E-state index contributed by atoms with van der Waals surface area (Å²) in [5.74, 6) is 0. The fraction of sp³-hybridized carbons (Fsp3) is 0.769. The van der Waals surface area contributed by atoms with Crippen molar-refractivity contribution >= 4 is 15.9 Å². The summed E-state index contributed by atoms with van der Waals surface area (Å²) in [5.41, 5.74) is 2.36. The number of halogens is 1. The van der Waals surface area contributed by atoms with E-state index in [1.54, 1.807) is 0 Å². The Bertz CT molecular complexity index is 365. The molecule has 1 N–H and O–H groups in total. The average molecular weight is 318 g/mol. The Morgan fingerprint density at radius 3 is 2.61 bits per heavy atom. The van der Waals surface area contributed by atoms with Gasteiger partial charge in [-0.3, -0.25) is 4.68 Å². The molecule has 1 heterocycles. The van der Waals surface area contributed by atoms with Crippen molar-refractivity contribution in [2.75, 3.05) is 20.2 Å². The van der Waals surface area contributed by atoms with E-state index in [0.29, 0.717) is 6.61 Å². The SMILES string of the molecule is CCc1nn(C)c(CN(C)CCCCCO)c1Br. The van der Waals surface area contributed by atoms with E-state index in [0.717, 1.165) is 48.9 Å². The molecule has 0 radical (unpaired) electrons. The molecule has 18 heavy (non-hydrogen) atoms. The molecule has 0 aromatic carbocycles. The van der Waals surface area contributed by atoms with Crippen LogP contribution in [0.5, 0.6) is 0 Å². The molecule has 0 saturated carbocycles. The fourth-order valence-electron chi connectivity index (χ4n) is 2.00. The van der Waals surface area contributed by atoms with Crippen molar-refractivity contribution in [3.05, 3.63) is 15.9 Å². The van der Waals surface area contributed by atoms with Gasteiger partial charge in [-0.05, 0) is 55.2 Å². The normalized spacial score (nSPS) is 11.4. The number of hydrogen-bond donors (Lipinski definition) is 1. The lowest BCUT2D eigenvalue weighted by Gasteiger charge is -2.16. The van der Waals surface area contributed by atoms with Crippen LogP contribution in [0, 0.1) is 0 Å². The standard InChI is InChI=1S/C13H24BrN3O/c1-4-11-13(14)12(17(3)15-11)10-16(2)8-6-5-7-9-18/h18H,4-10H2,1-3H3. The van der Waals surface area contributed by atoms with Crippen LogP contribution >= 0.6 is 15.9 Å². The molecule has 0 aliphatic carbocycles. The van der Waals surface area contributed by atoms with Crippen molar-refractivity contribution in [1.29, 1.82) is 0 Å². The lowest BCUT2D eigenvalue weighted by Crippen LogP contribution is -2.21. The van der Waals surface area contributed by atoms with Crippen molar-refractivity contribution in [3.63, 3.8) is 0 Å². The number of aliphatic hydroxyl groups excluding tert-OH is 1. The van der Waals surface area contributed by atoms with Crippen LogP contribution in [-0.4, -0.2) is 40.0 Å². The van der Waals surface area contributed by atoms with E-state index in [1.807, 2.05) is 11.7 Å². The highest BCUT2D eigenvalue weighted by Gasteiger charge is 2.13. The first-order valence-electron chi connectivity index (χ1n) is 6.59. The van der Waals surface area contributed by atoms with Crippen molar-refractivity contribution in [3.8, 4) is 0 Å². The predicted octanol–water partition coefficient (Wildman–Crippen LogP) is 2.34. The van der Waals surface area contributed by atoms with Gasteiger partial charge < -0.3 is 10.0 Å². The predicted molar refractivity (Wildman–Crippen MR) is 77.6 cm³/mol. The van der Waals surface area contributed by atoms with E-state index in [2.05, 4.69) is 39.9 Å². The highest BCUT2D eigenvalue weighted by atomic mass is 79.9. The summed E-state index contributed by atoms with van der Waals surface area (Å²) in [6, 6.07) is 0. The van der Waals surface area contributed by atoms with E-state index in [4.69, 9.17) is 5.11 Å². The van der Waals surface area contributed by atoms with Crippen LogP contribution < -0.4 is 0 Å². The summed E-state index contributed by atoms with van der Waals surface area (Å²) in [6.45, 7) is 4.38. The third kappa shape index (κ3) is 4.37. The zero-order valence-electron chi connectivity index (χ0n) is 11.6. The Morgan fingerprint density at radius 1 is 1.33 bits per heavy atom. The largest absolute Gasteiger partial charge is 0.396 e. The first-order valence-corrected chi connectivity index (χ1v) is 7.39.